The van der Waals surface area contributed by atoms with Crippen molar-refractivity contribution in [1.82, 2.24) is 10.6 Å². The molecule has 5 heteroatoms. The SMILES string of the molecule is O=C(NCc1ccccc1F)C1CSCCN1. The summed E-state index contributed by atoms with van der Waals surface area (Å²) >= 11 is 1.76. The van der Waals surface area contributed by atoms with Crippen LogP contribution in [0.1, 0.15) is 5.56 Å². The smallest absolute Gasteiger partial charge is 0.238 e. The van der Waals surface area contributed by atoms with Gasteiger partial charge in [-0.15, -0.1) is 0 Å². The minimum Gasteiger partial charge on any atom is -0.351 e. The third-order valence-corrected chi connectivity index (χ3v) is 3.71. The van der Waals surface area contributed by atoms with Crippen LogP contribution in [0, 0.1) is 5.82 Å². The molecular weight excluding hydrogens is 239 g/mol. The fraction of sp³-hybridized carbons (Fsp3) is 0.417. The van der Waals surface area contributed by atoms with Gasteiger partial charge >= 0.3 is 0 Å². The fourth-order valence-electron chi connectivity index (χ4n) is 1.68. The first kappa shape index (κ1) is 12.4. The van der Waals surface area contributed by atoms with Crippen LogP contribution in [0.5, 0.6) is 0 Å². The first-order valence-corrected chi connectivity index (χ1v) is 6.75. The third-order valence-electron chi connectivity index (χ3n) is 2.65. The normalized spacial score (nSPS) is 19.9. The van der Waals surface area contributed by atoms with Crippen molar-refractivity contribution in [2.75, 3.05) is 18.1 Å². The number of rotatable bonds is 3. The molecule has 1 heterocycles. The van der Waals surface area contributed by atoms with Gasteiger partial charge in [0.2, 0.25) is 5.91 Å². The van der Waals surface area contributed by atoms with Gasteiger partial charge in [-0.05, 0) is 6.07 Å². The fourth-order valence-corrected chi connectivity index (χ4v) is 2.61. The number of benzene rings is 1. The van der Waals surface area contributed by atoms with Crippen molar-refractivity contribution in [2.24, 2.45) is 0 Å². The van der Waals surface area contributed by atoms with Gasteiger partial charge < -0.3 is 10.6 Å². The van der Waals surface area contributed by atoms with Gasteiger partial charge in [-0.25, -0.2) is 4.39 Å². The largest absolute Gasteiger partial charge is 0.351 e. The molecule has 1 aromatic rings. The molecule has 0 bridgehead atoms. The lowest BCUT2D eigenvalue weighted by molar-refractivity contribution is -0.122. The number of amides is 1. The molecule has 1 saturated heterocycles. The first-order chi connectivity index (χ1) is 8.27. The van der Waals surface area contributed by atoms with Crippen molar-refractivity contribution in [3.63, 3.8) is 0 Å². The molecule has 1 aliphatic rings. The molecule has 17 heavy (non-hydrogen) atoms. The van der Waals surface area contributed by atoms with Crippen LogP contribution in [0.25, 0.3) is 0 Å². The predicted molar refractivity (Wildman–Crippen MR) is 67.4 cm³/mol. The molecule has 1 amide bonds. The van der Waals surface area contributed by atoms with Crippen LogP contribution in [0.3, 0.4) is 0 Å². The Morgan fingerprint density at radius 2 is 2.35 bits per heavy atom. The van der Waals surface area contributed by atoms with Gasteiger partial charge in [-0.1, -0.05) is 18.2 Å². The summed E-state index contributed by atoms with van der Waals surface area (Å²) in [6.07, 6.45) is 0. The van der Waals surface area contributed by atoms with Crippen molar-refractivity contribution in [2.45, 2.75) is 12.6 Å². The van der Waals surface area contributed by atoms with Crippen LogP contribution < -0.4 is 10.6 Å². The monoisotopic (exact) mass is 254 g/mol. The molecule has 92 valence electrons. The molecule has 0 saturated carbocycles. The number of hydrogen-bond acceptors (Lipinski definition) is 3. The Morgan fingerprint density at radius 1 is 1.53 bits per heavy atom. The molecule has 0 aliphatic carbocycles. The average Bonchev–Trinajstić information content (AvgIpc) is 2.38. The Balaban J connectivity index is 1.85. The summed E-state index contributed by atoms with van der Waals surface area (Å²) in [5.41, 5.74) is 0.518. The second-order valence-electron chi connectivity index (χ2n) is 3.89. The maximum atomic E-state index is 13.3. The van der Waals surface area contributed by atoms with E-state index in [0.717, 1.165) is 18.1 Å². The highest BCUT2D eigenvalue weighted by atomic mass is 32.2. The van der Waals surface area contributed by atoms with Crippen LogP contribution in [0.15, 0.2) is 24.3 Å². The topological polar surface area (TPSA) is 41.1 Å². The number of carbonyl (C=O) groups excluding carboxylic acids is 1. The Kier molecular flexibility index (Phi) is 4.39. The zero-order chi connectivity index (χ0) is 12.1. The second kappa shape index (κ2) is 6.02. The molecule has 1 aliphatic heterocycles. The van der Waals surface area contributed by atoms with Crippen molar-refractivity contribution in [1.29, 1.82) is 0 Å². The Hall–Kier alpha value is -1.07. The standard InChI is InChI=1S/C12H15FN2OS/c13-10-4-2-1-3-9(10)7-15-12(16)11-8-17-6-5-14-11/h1-4,11,14H,5-8H2,(H,15,16). The van der Waals surface area contributed by atoms with Crippen molar-refractivity contribution >= 4 is 17.7 Å². The molecule has 1 unspecified atom stereocenters. The van der Waals surface area contributed by atoms with Gasteiger partial charge in [0, 0.05) is 30.2 Å². The van der Waals surface area contributed by atoms with Crippen molar-refractivity contribution < 1.29 is 9.18 Å². The van der Waals surface area contributed by atoms with Gasteiger partial charge in [0.1, 0.15) is 5.82 Å². The summed E-state index contributed by atoms with van der Waals surface area (Å²) in [5.74, 6) is 1.49. The lowest BCUT2D eigenvalue weighted by atomic mass is 10.2. The lowest BCUT2D eigenvalue weighted by Gasteiger charge is -2.22. The average molecular weight is 254 g/mol. The quantitative estimate of drug-likeness (QED) is 0.850. The van der Waals surface area contributed by atoms with E-state index in [1.54, 1.807) is 30.0 Å². The van der Waals surface area contributed by atoms with E-state index in [4.69, 9.17) is 0 Å². The number of nitrogens with one attached hydrogen (secondary N) is 2. The number of carbonyl (C=O) groups is 1. The van der Waals surface area contributed by atoms with Gasteiger partial charge in [-0.3, -0.25) is 4.79 Å². The van der Waals surface area contributed by atoms with Crippen LogP contribution in [0.2, 0.25) is 0 Å². The Bertz CT molecular complexity index is 394. The summed E-state index contributed by atoms with van der Waals surface area (Å²) in [6, 6.07) is 6.33. The highest BCUT2D eigenvalue weighted by molar-refractivity contribution is 7.99. The molecule has 1 aromatic carbocycles. The van der Waals surface area contributed by atoms with Gasteiger partial charge in [-0.2, -0.15) is 11.8 Å². The van der Waals surface area contributed by atoms with E-state index >= 15 is 0 Å². The molecule has 2 N–H and O–H groups in total. The highest BCUT2D eigenvalue weighted by Gasteiger charge is 2.20. The van der Waals surface area contributed by atoms with E-state index in [2.05, 4.69) is 10.6 Å². The lowest BCUT2D eigenvalue weighted by Crippen LogP contribution is -2.48. The zero-order valence-electron chi connectivity index (χ0n) is 9.41. The second-order valence-corrected chi connectivity index (χ2v) is 5.04. The summed E-state index contributed by atoms with van der Waals surface area (Å²) in [5, 5.41) is 5.90. The minimum absolute atomic E-state index is 0.0551. The van der Waals surface area contributed by atoms with E-state index in [0.29, 0.717) is 5.56 Å². The third kappa shape index (κ3) is 3.44. The van der Waals surface area contributed by atoms with Gasteiger partial charge in [0.15, 0.2) is 0 Å². The molecular formula is C12H15FN2OS. The summed E-state index contributed by atoms with van der Waals surface area (Å²) in [7, 11) is 0. The van der Waals surface area contributed by atoms with E-state index in [1.165, 1.54) is 6.07 Å². The highest BCUT2D eigenvalue weighted by Crippen LogP contribution is 2.09. The predicted octanol–water partition coefficient (Wildman–Crippen LogP) is 1.15. The van der Waals surface area contributed by atoms with E-state index < -0.39 is 0 Å². The van der Waals surface area contributed by atoms with Crippen LogP contribution in [0.4, 0.5) is 4.39 Å². The Labute approximate surface area is 104 Å². The van der Waals surface area contributed by atoms with Crippen molar-refractivity contribution in [3.05, 3.63) is 35.6 Å². The zero-order valence-corrected chi connectivity index (χ0v) is 10.2. The maximum Gasteiger partial charge on any atom is 0.238 e. The first-order valence-electron chi connectivity index (χ1n) is 5.59. The summed E-state index contributed by atoms with van der Waals surface area (Å²) < 4.78 is 13.3. The molecule has 0 spiro atoms. The van der Waals surface area contributed by atoms with E-state index in [1.807, 2.05) is 0 Å². The van der Waals surface area contributed by atoms with E-state index in [-0.39, 0.29) is 24.3 Å². The number of halogens is 1. The van der Waals surface area contributed by atoms with Crippen LogP contribution in [-0.4, -0.2) is 30.0 Å². The molecule has 1 fully saturated rings. The van der Waals surface area contributed by atoms with Crippen LogP contribution in [-0.2, 0) is 11.3 Å². The van der Waals surface area contributed by atoms with E-state index in [9.17, 15) is 9.18 Å². The van der Waals surface area contributed by atoms with Crippen LogP contribution >= 0.6 is 11.8 Å². The Morgan fingerprint density at radius 3 is 3.06 bits per heavy atom. The van der Waals surface area contributed by atoms with Gasteiger partial charge in [0.05, 0.1) is 6.04 Å². The number of hydrogen-bond donors (Lipinski definition) is 2. The summed E-state index contributed by atoms with van der Waals surface area (Å²) in [4.78, 5) is 11.8. The van der Waals surface area contributed by atoms with Crippen molar-refractivity contribution in [3.8, 4) is 0 Å². The molecule has 3 nitrogen and oxygen atoms in total. The summed E-state index contributed by atoms with van der Waals surface area (Å²) in [6.45, 7) is 1.09. The molecule has 0 radical (unpaired) electrons. The molecule has 2 rings (SSSR count). The number of thioether (sulfide) groups is 1. The minimum atomic E-state index is -0.279. The molecule has 0 aromatic heterocycles. The van der Waals surface area contributed by atoms with Gasteiger partial charge in [0.25, 0.3) is 0 Å². The molecule has 1 atom stereocenters. The maximum absolute atomic E-state index is 13.3.